The van der Waals surface area contributed by atoms with Gasteiger partial charge in [0.2, 0.25) is 11.8 Å². The summed E-state index contributed by atoms with van der Waals surface area (Å²) in [5.74, 6) is 0.440. The van der Waals surface area contributed by atoms with E-state index in [1.807, 2.05) is 36.1 Å². The molecule has 2 heterocycles. The Bertz CT molecular complexity index is 564. The van der Waals surface area contributed by atoms with Gasteiger partial charge in [-0.15, -0.1) is 11.8 Å². The number of rotatable bonds is 2. The lowest BCUT2D eigenvalue weighted by Gasteiger charge is -2.36. The van der Waals surface area contributed by atoms with Gasteiger partial charge in [0, 0.05) is 30.6 Å². The predicted molar refractivity (Wildman–Crippen MR) is 83.6 cm³/mol. The lowest BCUT2D eigenvalue weighted by atomic mass is 10.2. The molecule has 21 heavy (non-hydrogen) atoms. The molecule has 2 amide bonds. The number of carbonyl (C=O) groups is 2. The van der Waals surface area contributed by atoms with Crippen molar-refractivity contribution in [1.29, 1.82) is 0 Å². The molecule has 1 N–H and O–H groups in total. The van der Waals surface area contributed by atoms with Crippen molar-refractivity contribution in [2.24, 2.45) is 0 Å². The van der Waals surface area contributed by atoms with Crippen LogP contribution in [0.5, 0.6) is 0 Å². The van der Waals surface area contributed by atoms with Crippen LogP contribution in [0.25, 0.3) is 0 Å². The van der Waals surface area contributed by atoms with E-state index in [1.54, 1.807) is 4.90 Å². The Hall–Kier alpha value is -1.53. The number of carbonyl (C=O) groups excluding carboxylic acids is 2. The van der Waals surface area contributed by atoms with Crippen LogP contribution < -0.4 is 10.2 Å². The SMILES string of the molecule is CC1CNCCN1C(=O)CN1C(=O)CSc2ccccc21. The molecular weight excluding hydrogens is 286 g/mol. The van der Waals surface area contributed by atoms with E-state index in [2.05, 4.69) is 5.32 Å². The summed E-state index contributed by atoms with van der Waals surface area (Å²) in [6, 6.07) is 7.95. The molecule has 2 aliphatic heterocycles. The third kappa shape index (κ3) is 2.91. The van der Waals surface area contributed by atoms with Crippen LogP contribution in [0.4, 0.5) is 5.69 Å². The average Bonchev–Trinajstić information content (AvgIpc) is 2.50. The Balaban J connectivity index is 1.77. The number of para-hydroxylation sites is 1. The van der Waals surface area contributed by atoms with E-state index in [4.69, 9.17) is 0 Å². The summed E-state index contributed by atoms with van der Waals surface area (Å²) < 4.78 is 0. The molecule has 2 aliphatic rings. The highest BCUT2D eigenvalue weighted by Crippen LogP contribution is 2.34. The zero-order valence-electron chi connectivity index (χ0n) is 12.0. The highest BCUT2D eigenvalue weighted by atomic mass is 32.2. The second kappa shape index (κ2) is 6.07. The molecule has 1 aromatic carbocycles. The van der Waals surface area contributed by atoms with Crippen molar-refractivity contribution in [3.8, 4) is 0 Å². The fourth-order valence-electron chi connectivity index (χ4n) is 2.76. The smallest absolute Gasteiger partial charge is 0.242 e. The van der Waals surface area contributed by atoms with Gasteiger partial charge in [0.05, 0.1) is 11.4 Å². The quantitative estimate of drug-likeness (QED) is 0.884. The maximum absolute atomic E-state index is 12.5. The molecule has 1 unspecified atom stereocenters. The minimum Gasteiger partial charge on any atom is -0.336 e. The van der Waals surface area contributed by atoms with Crippen LogP contribution >= 0.6 is 11.8 Å². The molecule has 0 aliphatic carbocycles. The van der Waals surface area contributed by atoms with Crippen molar-refractivity contribution in [2.45, 2.75) is 17.9 Å². The zero-order valence-corrected chi connectivity index (χ0v) is 12.9. The third-order valence-electron chi connectivity index (χ3n) is 3.92. The Morgan fingerprint density at radius 2 is 2.24 bits per heavy atom. The van der Waals surface area contributed by atoms with Crippen LogP contribution in [-0.2, 0) is 9.59 Å². The third-order valence-corrected chi connectivity index (χ3v) is 4.97. The summed E-state index contributed by atoms with van der Waals surface area (Å²) in [5.41, 5.74) is 0.856. The van der Waals surface area contributed by atoms with E-state index in [9.17, 15) is 9.59 Å². The van der Waals surface area contributed by atoms with Crippen LogP contribution in [0.3, 0.4) is 0 Å². The number of thioether (sulfide) groups is 1. The largest absolute Gasteiger partial charge is 0.336 e. The minimum absolute atomic E-state index is 0.00911. The average molecular weight is 305 g/mol. The summed E-state index contributed by atoms with van der Waals surface area (Å²) in [5, 5.41) is 3.27. The van der Waals surface area contributed by atoms with Crippen LogP contribution in [-0.4, -0.2) is 54.7 Å². The molecule has 0 spiro atoms. The summed E-state index contributed by atoms with van der Waals surface area (Å²) >= 11 is 1.54. The van der Waals surface area contributed by atoms with Crippen LogP contribution in [0.2, 0.25) is 0 Å². The molecule has 0 aromatic heterocycles. The van der Waals surface area contributed by atoms with Gasteiger partial charge >= 0.3 is 0 Å². The Morgan fingerprint density at radius 3 is 3.05 bits per heavy atom. The molecule has 3 rings (SSSR count). The van der Waals surface area contributed by atoms with Gasteiger partial charge < -0.3 is 15.1 Å². The first kappa shape index (κ1) is 14.4. The topological polar surface area (TPSA) is 52.7 Å². The van der Waals surface area contributed by atoms with Crippen molar-refractivity contribution in [2.75, 3.05) is 36.8 Å². The molecular formula is C15H19N3O2S. The van der Waals surface area contributed by atoms with Crippen molar-refractivity contribution < 1.29 is 9.59 Å². The highest BCUT2D eigenvalue weighted by molar-refractivity contribution is 8.00. The van der Waals surface area contributed by atoms with Crippen molar-refractivity contribution in [3.63, 3.8) is 0 Å². The number of anilines is 1. The van der Waals surface area contributed by atoms with E-state index in [1.165, 1.54) is 11.8 Å². The first-order valence-electron chi connectivity index (χ1n) is 7.19. The number of hydrogen-bond acceptors (Lipinski definition) is 4. The van der Waals surface area contributed by atoms with Gasteiger partial charge in [-0.25, -0.2) is 0 Å². The summed E-state index contributed by atoms with van der Waals surface area (Å²) in [6.45, 7) is 4.51. The van der Waals surface area contributed by atoms with Gasteiger partial charge in [0.15, 0.2) is 0 Å². The summed E-state index contributed by atoms with van der Waals surface area (Å²) in [4.78, 5) is 29.3. The van der Waals surface area contributed by atoms with Crippen LogP contribution in [0, 0.1) is 0 Å². The van der Waals surface area contributed by atoms with Gasteiger partial charge in [-0.2, -0.15) is 0 Å². The van der Waals surface area contributed by atoms with Crippen molar-refractivity contribution in [3.05, 3.63) is 24.3 Å². The number of amides is 2. The molecule has 1 fully saturated rings. The molecule has 1 aromatic rings. The number of piperazine rings is 1. The molecule has 0 radical (unpaired) electrons. The summed E-state index contributed by atoms with van der Waals surface area (Å²) in [7, 11) is 0. The molecule has 112 valence electrons. The van der Waals surface area contributed by atoms with E-state index < -0.39 is 0 Å². The maximum Gasteiger partial charge on any atom is 0.242 e. The lowest BCUT2D eigenvalue weighted by molar-refractivity contribution is -0.133. The zero-order chi connectivity index (χ0) is 14.8. The van der Waals surface area contributed by atoms with E-state index in [0.717, 1.165) is 23.7 Å². The molecule has 1 saturated heterocycles. The summed E-state index contributed by atoms with van der Waals surface area (Å²) in [6.07, 6.45) is 0. The molecule has 0 saturated carbocycles. The highest BCUT2D eigenvalue weighted by Gasteiger charge is 2.30. The fourth-order valence-corrected chi connectivity index (χ4v) is 3.70. The van der Waals surface area contributed by atoms with Crippen molar-refractivity contribution in [1.82, 2.24) is 10.2 Å². The van der Waals surface area contributed by atoms with Crippen LogP contribution in [0.15, 0.2) is 29.2 Å². The number of benzene rings is 1. The van der Waals surface area contributed by atoms with Gasteiger partial charge in [-0.1, -0.05) is 12.1 Å². The Kier molecular flexibility index (Phi) is 4.17. The molecule has 6 heteroatoms. The van der Waals surface area contributed by atoms with Gasteiger partial charge in [-0.05, 0) is 19.1 Å². The maximum atomic E-state index is 12.5. The van der Waals surface area contributed by atoms with E-state index in [0.29, 0.717) is 12.3 Å². The molecule has 0 bridgehead atoms. The number of hydrogen-bond donors (Lipinski definition) is 1. The van der Waals surface area contributed by atoms with Gasteiger partial charge in [0.25, 0.3) is 0 Å². The second-order valence-corrected chi connectivity index (χ2v) is 6.39. The molecule has 5 nitrogen and oxygen atoms in total. The number of fused-ring (bicyclic) bond motifs is 1. The van der Waals surface area contributed by atoms with Gasteiger partial charge in [0.1, 0.15) is 6.54 Å². The van der Waals surface area contributed by atoms with Crippen molar-refractivity contribution >= 4 is 29.3 Å². The predicted octanol–water partition coefficient (Wildman–Crippen LogP) is 0.946. The van der Waals surface area contributed by atoms with Gasteiger partial charge in [-0.3, -0.25) is 9.59 Å². The molecule has 1 atom stereocenters. The number of nitrogens with one attached hydrogen (secondary N) is 1. The Morgan fingerprint density at radius 1 is 1.43 bits per heavy atom. The lowest BCUT2D eigenvalue weighted by Crippen LogP contribution is -2.55. The van der Waals surface area contributed by atoms with E-state index in [-0.39, 0.29) is 24.4 Å². The van der Waals surface area contributed by atoms with Crippen LogP contribution in [0.1, 0.15) is 6.92 Å². The second-order valence-electron chi connectivity index (χ2n) is 5.38. The first-order valence-corrected chi connectivity index (χ1v) is 8.18. The normalized spacial score (nSPS) is 22.1. The minimum atomic E-state index is 0.00911. The first-order chi connectivity index (χ1) is 10.2. The van der Waals surface area contributed by atoms with E-state index >= 15 is 0 Å². The Labute approximate surface area is 128 Å². The fraction of sp³-hybridized carbons (Fsp3) is 0.467. The standard InChI is InChI=1S/C15H19N3O2S/c1-11-8-16-6-7-17(11)14(19)9-18-12-4-2-3-5-13(12)21-10-15(18)20/h2-5,11,16H,6-10H2,1H3. The number of nitrogens with zero attached hydrogens (tertiary/aromatic N) is 2. The monoisotopic (exact) mass is 305 g/mol.